The first kappa shape index (κ1) is 19.7. The Balaban J connectivity index is 1.95. The van der Waals surface area contributed by atoms with Crippen molar-refractivity contribution in [1.29, 1.82) is 0 Å². The van der Waals surface area contributed by atoms with Crippen molar-refractivity contribution in [2.24, 2.45) is 5.73 Å². The van der Waals surface area contributed by atoms with E-state index in [-0.39, 0.29) is 6.04 Å². The summed E-state index contributed by atoms with van der Waals surface area (Å²) in [5.41, 5.74) is 14.3. The number of methoxy groups -OCH3 is 1. The van der Waals surface area contributed by atoms with Gasteiger partial charge in [-0.3, -0.25) is 4.90 Å². The Labute approximate surface area is 163 Å². The van der Waals surface area contributed by atoms with E-state index in [9.17, 15) is 0 Å². The third-order valence-electron chi connectivity index (χ3n) is 5.70. The SMILES string of the molecule is COc1cc(C)c2c(c1C(C)C)C(CN)N(Cc1ccc(N(C)C)cc1)C2. The van der Waals surface area contributed by atoms with Gasteiger partial charge in [-0.25, -0.2) is 0 Å². The number of nitrogens with two attached hydrogens (primary N) is 1. The molecule has 2 N–H and O–H groups in total. The first-order chi connectivity index (χ1) is 12.9. The number of hydrogen-bond acceptors (Lipinski definition) is 4. The highest BCUT2D eigenvalue weighted by Gasteiger charge is 2.34. The first-order valence-corrected chi connectivity index (χ1v) is 9.78. The van der Waals surface area contributed by atoms with Gasteiger partial charge in [0.25, 0.3) is 0 Å². The molecule has 0 aliphatic carbocycles. The lowest BCUT2D eigenvalue weighted by Gasteiger charge is -2.26. The van der Waals surface area contributed by atoms with Crippen molar-refractivity contribution in [3.05, 3.63) is 58.1 Å². The van der Waals surface area contributed by atoms with Gasteiger partial charge in [-0.1, -0.05) is 26.0 Å². The molecule has 27 heavy (non-hydrogen) atoms. The Kier molecular flexibility index (Phi) is 5.78. The molecule has 1 aliphatic heterocycles. The van der Waals surface area contributed by atoms with Crippen molar-refractivity contribution in [2.45, 2.75) is 45.8 Å². The number of hydrogen-bond donors (Lipinski definition) is 1. The molecule has 4 heteroatoms. The lowest BCUT2D eigenvalue weighted by molar-refractivity contribution is 0.210. The topological polar surface area (TPSA) is 41.7 Å². The Morgan fingerprint density at radius 2 is 1.89 bits per heavy atom. The van der Waals surface area contributed by atoms with Gasteiger partial charge in [-0.15, -0.1) is 0 Å². The molecule has 1 heterocycles. The number of fused-ring (bicyclic) bond motifs is 1. The van der Waals surface area contributed by atoms with Gasteiger partial charge in [0.2, 0.25) is 0 Å². The van der Waals surface area contributed by atoms with Crippen LogP contribution in [0.25, 0.3) is 0 Å². The number of anilines is 1. The molecule has 2 aromatic rings. The largest absolute Gasteiger partial charge is 0.496 e. The molecule has 0 amide bonds. The third-order valence-corrected chi connectivity index (χ3v) is 5.70. The number of benzene rings is 2. The molecule has 2 aromatic carbocycles. The van der Waals surface area contributed by atoms with Gasteiger partial charge < -0.3 is 15.4 Å². The quantitative estimate of drug-likeness (QED) is 0.830. The van der Waals surface area contributed by atoms with Gasteiger partial charge in [-0.05, 0) is 53.3 Å². The van der Waals surface area contributed by atoms with Crippen molar-refractivity contribution >= 4 is 5.69 Å². The van der Waals surface area contributed by atoms with Crippen LogP contribution in [0.3, 0.4) is 0 Å². The summed E-state index contributed by atoms with van der Waals surface area (Å²) in [6.45, 7) is 9.14. The number of ether oxygens (including phenoxy) is 1. The molecule has 1 unspecified atom stereocenters. The Hall–Kier alpha value is -2.04. The fraction of sp³-hybridized carbons (Fsp3) is 0.478. The van der Waals surface area contributed by atoms with Gasteiger partial charge in [0.1, 0.15) is 5.75 Å². The summed E-state index contributed by atoms with van der Waals surface area (Å²) in [6, 6.07) is 11.2. The first-order valence-electron chi connectivity index (χ1n) is 9.78. The van der Waals surface area contributed by atoms with Crippen LogP contribution in [0.5, 0.6) is 5.75 Å². The second-order valence-electron chi connectivity index (χ2n) is 8.07. The van der Waals surface area contributed by atoms with Crippen LogP contribution in [-0.2, 0) is 13.1 Å². The minimum atomic E-state index is 0.236. The van der Waals surface area contributed by atoms with Crippen molar-refractivity contribution in [3.63, 3.8) is 0 Å². The van der Waals surface area contributed by atoms with Crippen LogP contribution >= 0.6 is 0 Å². The Morgan fingerprint density at radius 1 is 1.22 bits per heavy atom. The van der Waals surface area contributed by atoms with Crippen LogP contribution in [0, 0.1) is 6.92 Å². The van der Waals surface area contributed by atoms with E-state index in [1.54, 1.807) is 7.11 Å². The van der Waals surface area contributed by atoms with Gasteiger partial charge in [0, 0.05) is 51.0 Å². The molecule has 0 saturated carbocycles. The minimum absolute atomic E-state index is 0.236. The lowest BCUT2D eigenvalue weighted by atomic mass is 9.88. The van der Waals surface area contributed by atoms with Crippen LogP contribution < -0.4 is 15.4 Å². The van der Waals surface area contributed by atoms with Gasteiger partial charge in [-0.2, -0.15) is 0 Å². The van der Waals surface area contributed by atoms with Gasteiger partial charge >= 0.3 is 0 Å². The van der Waals surface area contributed by atoms with Crippen molar-refractivity contribution in [2.75, 3.05) is 32.6 Å². The van der Waals surface area contributed by atoms with E-state index < -0.39 is 0 Å². The van der Waals surface area contributed by atoms with Crippen molar-refractivity contribution in [3.8, 4) is 5.75 Å². The fourth-order valence-corrected chi connectivity index (χ4v) is 4.29. The van der Waals surface area contributed by atoms with Crippen LogP contribution in [0.1, 0.15) is 53.6 Å². The third kappa shape index (κ3) is 3.69. The molecule has 0 aromatic heterocycles. The summed E-state index contributed by atoms with van der Waals surface area (Å²) in [5, 5.41) is 0. The summed E-state index contributed by atoms with van der Waals surface area (Å²) in [7, 11) is 5.91. The van der Waals surface area contributed by atoms with Crippen LogP contribution in [0.4, 0.5) is 5.69 Å². The van der Waals surface area contributed by atoms with Crippen molar-refractivity contribution in [1.82, 2.24) is 4.90 Å². The fourth-order valence-electron chi connectivity index (χ4n) is 4.29. The number of aryl methyl sites for hydroxylation is 1. The maximum absolute atomic E-state index is 6.28. The monoisotopic (exact) mass is 367 g/mol. The molecular formula is C23H33N3O. The minimum Gasteiger partial charge on any atom is -0.496 e. The zero-order chi connectivity index (χ0) is 19.7. The zero-order valence-corrected chi connectivity index (χ0v) is 17.5. The predicted octanol–water partition coefficient (Wildman–Crippen LogP) is 4.21. The summed E-state index contributed by atoms with van der Waals surface area (Å²) in [5.74, 6) is 1.40. The summed E-state index contributed by atoms with van der Waals surface area (Å²) in [4.78, 5) is 4.64. The van der Waals surface area contributed by atoms with Gasteiger partial charge in [0.15, 0.2) is 0 Å². The Morgan fingerprint density at radius 3 is 2.41 bits per heavy atom. The molecule has 0 radical (unpaired) electrons. The van der Waals surface area contributed by atoms with E-state index in [0.717, 1.165) is 18.8 Å². The average molecular weight is 368 g/mol. The summed E-state index contributed by atoms with van der Waals surface area (Å²) >= 11 is 0. The molecule has 3 rings (SSSR count). The van der Waals surface area contributed by atoms with E-state index in [2.05, 4.69) is 75.0 Å². The highest BCUT2D eigenvalue weighted by Crippen LogP contribution is 2.44. The maximum atomic E-state index is 6.28. The molecule has 1 aliphatic rings. The van der Waals surface area contributed by atoms with Crippen LogP contribution in [-0.4, -0.2) is 32.6 Å². The summed E-state index contributed by atoms with van der Waals surface area (Å²) in [6.07, 6.45) is 0. The van der Waals surface area contributed by atoms with E-state index in [1.807, 2.05) is 0 Å². The maximum Gasteiger partial charge on any atom is 0.122 e. The highest BCUT2D eigenvalue weighted by atomic mass is 16.5. The normalized spacial score (nSPS) is 16.7. The Bertz CT molecular complexity index is 796. The predicted molar refractivity (Wildman–Crippen MR) is 114 cm³/mol. The molecule has 0 fully saturated rings. The smallest absolute Gasteiger partial charge is 0.122 e. The second kappa shape index (κ2) is 7.91. The average Bonchev–Trinajstić information content (AvgIpc) is 2.99. The van der Waals surface area contributed by atoms with E-state index in [0.29, 0.717) is 12.5 Å². The lowest BCUT2D eigenvalue weighted by Crippen LogP contribution is -2.28. The molecule has 4 nitrogen and oxygen atoms in total. The summed E-state index contributed by atoms with van der Waals surface area (Å²) < 4.78 is 5.73. The van der Waals surface area contributed by atoms with Crippen molar-refractivity contribution < 1.29 is 4.74 Å². The van der Waals surface area contributed by atoms with E-state index in [1.165, 1.54) is 33.5 Å². The standard InChI is InChI=1S/C23H33N3O/c1-15(2)22-21(27-6)11-16(3)19-14-26(20(12-24)23(19)22)13-17-7-9-18(10-8-17)25(4)5/h7-11,15,20H,12-14,24H2,1-6H3. The number of nitrogens with zero attached hydrogens (tertiary/aromatic N) is 2. The van der Waals surface area contributed by atoms with E-state index in [4.69, 9.17) is 10.5 Å². The molecule has 0 saturated heterocycles. The van der Waals surface area contributed by atoms with Crippen LogP contribution in [0.2, 0.25) is 0 Å². The molecule has 146 valence electrons. The van der Waals surface area contributed by atoms with E-state index >= 15 is 0 Å². The molecule has 0 bridgehead atoms. The molecular weight excluding hydrogens is 334 g/mol. The highest BCUT2D eigenvalue weighted by molar-refractivity contribution is 5.54. The zero-order valence-electron chi connectivity index (χ0n) is 17.5. The van der Waals surface area contributed by atoms with Crippen LogP contribution in [0.15, 0.2) is 30.3 Å². The number of rotatable bonds is 6. The molecule has 1 atom stereocenters. The van der Waals surface area contributed by atoms with Gasteiger partial charge in [0.05, 0.1) is 7.11 Å². The molecule has 0 spiro atoms. The second-order valence-corrected chi connectivity index (χ2v) is 8.07.